The fourth-order valence-electron chi connectivity index (χ4n) is 8.21. The standard InChI is InChI=1S/C44H35N3/c1-43(2)35-26-30(21-23-33(35)40-41(43)34-24-22-31(27-36(34)44(40,3)4)37-14-10-11-25-45-37)28-17-19-29(20-18-28)42-46-38-15-8-9-16-39(38)47(42)32-12-6-5-7-13-32/h5-27H,1-4H3/p+1. The Labute approximate surface area is 275 Å². The van der Waals surface area contributed by atoms with Crippen molar-refractivity contribution < 1.29 is 4.57 Å². The molecular weight excluding hydrogens is 571 g/mol. The Balaban J connectivity index is 1.09. The quantitative estimate of drug-likeness (QED) is 0.199. The summed E-state index contributed by atoms with van der Waals surface area (Å²) in [6.07, 6.45) is 1.87. The molecule has 2 heterocycles. The van der Waals surface area contributed by atoms with Crippen molar-refractivity contribution in [3.05, 3.63) is 162 Å². The van der Waals surface area contributed by atoms with Gasteiger partial charge in [-0.25, -0.2) is 4.98 Å². The van der Waals surface area contributed by atoms with Gasteiger partial charge >= 0.3 is 0 Å². The van der Waals surface area contributed by atoms with Crippen molar-refractivity contribution >= 4 is 22.2 Å². The molecule has 0 saturated carbocycles. The lowest BCUT2D eigenvalue weighted by Crippen LogP contribution is -2.31. The van der Waals surface area contributed by atoms with E-state index in [1.54, 1.807) is 0 Å². The first-order valence-corrected chi connectivity index (χ1v) is 16.5. The molecule has 0 bridgehead atoms. The van der Waals surface area contributed by atoms with E-state index >= 15 is 0 Å². The molecule has 0 spiro atoms. The van der Waals surface area contributed by atoms with Crippen molar-refractivity contribution in [2.24, 2.45) is 0 Å². The van der Waals surface area contributed by atoms with Crippen molar-refractivity contribution in [1.29, 1.82) is 0 Å². The predicted molar refractivity (Wildman–Crippen MR) is 193 cm³/mol. The number of hydrogen-bond donors (Lipinski definition) is 1. The maximum atomic E-state index is 4.63. The van der Waals surface area contributed by atoms with Crippen LogP contribution in [-0.2, 0) is 10.8 Å². The highest BCUT2D eigenvalue weighted by molar-refractivity contribution is 6.10. The third-order valence-corrected chi connectivity index (χ3v) is 10.5. The Hall–Kier alpha value is -5.54. The normalized spacial score (nSPS) is 15.5. The van der Waals surface area contributed by atoms with E-state index in [0.717, 1.165) is 33.8 Å². The van der Waals surface area contributed by atoms with Gasteiger partial charge in [-0.2, -0.15) is 4.57 Å². The van der Waals surface area contributed by atoms with Crippen LogP contribution in [0.4, 0.5) is 0 Å². The summed E-state index contributed by atoms with van der Waals surface area (Å²) >= 11 is 0. The molecule has 3 nitrogen and oxygen atoms in total. The minimum Gasteiger partial charge on any atom is -0.256 e. The van der Waals surface area contributed by atoms with Gasteiger partial charge in [0.1, 0.15) is 5.69 Å². The van der Waals surface area contributed by atoms with Crippen LogP contribution in [0.2, 0.25) is 0 Å². The molecule has 2 aromatic heterocycles. The maximum Gasteiger partial charge on any atom is 0.292 e. The lowest BCUT2D eigenvalue weighted by Gasteiger charge is -2.28. The number of H-pyrrole nitrogens is 1. The van der Waals surface area contributed by atoms with Gasteiger partial charge in [-0.05, 0) is 105 Å². The second-order valence-corrected chi connectivity index (χ2v) is 14.0. The number of allylic oxidation sites excluding steroid dienone is 2. The van der Waals surface area contributed by atoms with Crippen molar-refractivity contribution in [1.82, 2.24) is 9.97 Å². The number of nitrogens with one attached hydrogen (secondary N) is 1. The molecule has 0 fully saturated rings. The van der Waals surface area contributed by atoms with Gasteiger partial charge in [0.15, 0.2) is 11.0 Å². The zero-order chi connectivity index (χ0) is 31.9. The molecule has 2 aliphatic rings. The molecule has 0 saturated heterocycles. The van der Waals surface area contributed by atoms with Crippen LogP contribution in [0.3, 0.4) is 0 Å². The third-order valence-electron chi connectivity index (χ3n) is 10.5. The summed E-state index contributed by atoms with van der Waals surface area (Å²) in [6.45, 7) is 9.58. The first kappa shape index (κ1) is 27.7. The number of fused-ring (bicyclic) bond motifs is 5. The summed E-state index contributed by atoms with van der Waals surface area (Å²) in [7, 11) is 0. The topological polar surface area (TPSA) is 32.6 Å². The molecule has 0 aliphatic heterocycles. The predicted octanol–water partition coefficient (Wildman–Crippen LogP) is 10.3. The SMILES string of the molecule is CC1(C)C2=C(c3ccc(-c4ccc(-c5[nH]c6ccccc6[n+]5-c5ccccc5)cc4)cc31)C(C)(C)c1cc(-c3ccccn3)ccc12. The van der Waals surface area contributed by atoms with E-state index in [4.69, 9.17) is 0 Å². The van der Waals surface area contributed by atoms with Gasteiger partial charge in [0, 0.05) is 22.6 Å². The molecular formula is C44H36N3+. The number of imidazole rings is 1. The molecule has 3 heteroatoms. The van der Waals surface area contributed by atoms with E-state index in [1.807, 2.05) is 12.3 Å². The third kappa shape index (κ3) is 4.06. The van der Waals surface area contributed by atoms with E-state index in [1.165, 1.54) is 50.1 Å². The van der Waals surface area contributed by atoms with E-state index in [0.29, 0.717) is 0 Å². The molecule has 0 atom stereocenters. The highest BCUT2D eigenvalue weighted by atomic mass is 15.1. The monoisotopic (exact) mass is 606 g/mol. The summed E-state index contributed by atoms with van der Waals surface area (Å²) in [4.78, 5) is 8.32. The number of aromatic amines is 1. The molecule has 5 aromatic carbocycles. The molecule has 9 rings (SSSR count). The van der Waals surface area contributed by atoms with E-state index in [-0.39, 0.29) is 10.8 Å². The van der Waals surface area contributed by atoms with Gasteiger partial charge in [-0.1, -0.05) is 100 Å². The number of para-hydroxylation sites is 3. The van der Waals surface area contributed by atoms with Crippen molar-refractivity contribution in [3.8, 4) is 39.5 Å². The summed E-state index contributed by atoms with van der Waals surface area (Å²) in [5.41, 5.74) is 17.5. The molecule has 2 aliphatic carbocycles. The molecule has 226 valence electrons. The Morgan fingerprint density at radius 2 is 1.11 bits per heavy atom. The summed E-state index contributed by atoms with van der Waals surface area (Å²) < 4.78 is 2.31. The second kappa shape index (κ2) is 9.98. The van der Waals surface area contributed by atoms with Gasteiger partial charge in [0.05, 0.1) is 11.3 Å². The van der Waals surface area contributed by atoms with Gasteiger partial charge in [0.2, 0.25) is 0 Å². The Morgan fingerprint density at radius 1 is 0.532 bits per heavy atom. The Kier molecular flexibility index (Phi) is 5.89. The van der Waals surface area contributed by atoms with Crippen LogP contribution in [0, 0.1) is 0 Å². The molecule has 7 aromatic rings. The zero-order valence-corrected chi connectivity index (χ0v) is 27.2. The first-order chi connectivity index (χ1) is 22.8. The van der Waals surface area contributed by atoms with Crippen molar-refractivity contribution in [3.63, 3.8) is 0 Å². The Morgan fingerprint density at radius 3 is 1.79 bits per heavy atom. The zero-order valence-electron chi connectivity index (χ0n) is 27.2. The number of nitrogens with zero attached hydrogens (tertiary/aromatic N) is 2. The lowest BCUT2D eigenvalue weighted by atomic mass is 9.75. The lowest BCUT2D eigenvalue weighted by molar-refractivity contribution is -0.554. The van der Waals surface area contributed by atoms with Gasteiger partial charge in [0.25, 0.3) is 5.82 Å². The van der Waals surface area contributed by atoms with Crippen molar-refractivity contribution in [2.45, 2.75) is 38.5 Å². The van der Waals surface area contributed by atoms with E-state index in [9.17, 15) is 0 Å². The fourth-order valence-corrected chi connectivity index (χ4v) is 8.21. The minimum absolute atomic E-state index is 0.102. The summed E-state index contributed by atoms with van der Waals surface area (Å²) in [5.74, 6) is 1.08. The van der Waals surface area contributed by atoms with Crippen LogP contribution in [0.1, 0.15) is 49.9 Å². The second-order valence-electron chi connectivity index (χ2n) is 14.0. The van der Waals surface area contributed by atoms with Crippen LogP contribution in [0.25, 0.3) is 61.6 Å². The van der Waals surface area contributed by atoms with Crippen LogP contribution in [0.5, 0.6) is 0 Å². The average molecular weight is 607 g/mol. The summed E-state index contributed by atoms with van der Waals surface area (Å²) in [6, 6.07) is 48.3. The molecule has 1 N–H and O–H groups in total. The van der Waals surface area contributed by atoms with Crippen molar-refractivity contribution in [2.75, 3.05) is 0 Å². The molecule has 47 heavy (non-hydrogen) atoms. The van der Waals surface area contributed by atoms with Crippen LogP contribution < -0.4 is 4.57 Å². The van der Waals surface area contributed by atoms with Crippen LogP contribution in [-0.4, -0.2) is 9.97 Å². The number of pyridine rings is 1. The van der Waals surface area contributed by atoms with Crippen LogP contribution >= 0.6 is 0 Å². The number of hydrogen-bond acceptors (Lipinski definition) is 1. The number of benzene rings is 5. The minimum atomic E-state index is -0.110. The summed E-state index contributed by atoms with van der Waals surface area (Å²) in [5, 5.41) is 0. The number of aromatic nitrogens is 3. The van der Waals surface area contributed by atoms with Crippen LogP contribution in [0.15, 0.2) is 140 Å². The van der Waals surface area contributed by atoms with Gasteiger partial charge in [-0.3, -0.25) is 4.98 Å². The fraction of sp³-hybridized carbons (Fsp3) is 0.136. The smallest absolute Gasteiger partial charge is 0.256 e. The number of rotatable bonds is 4. The largest absolute Gasteiger partial charge is 0.292 e. The average Bonchev–Trinajstić information content (AvgIpc) is 3.70. The van der Waals surface area contributed by atoms with Gasteiger partial charge < -0.3 is 0 Å². The maximum absolute atomic E-state index is 4.63. The molecule has 0 unspecified atom stereocenters. The molecule has 0 amide bonds. The van der Waals surface area contributed by atoms with Gasteiger partial charge in [-0.15, -0.1) is 0 Å². The highest BCUT2D eigenvalue weighted by Crippen LogP contribution is 2.63. The van der Waals surface area contributed by atoms with E-state index < -0.39 is 0 Å². The highest BCUT2D eigenvalue weighted by Gasteiger charge is 2.49. The first-order valence-electron chi connectivity index (χ1n) is 16.5. The Bertz CT molecular complexity index is 2370. The van der Waals surface area contributed by atoms with E-state index in [2.05, 4.69) is 170 Å². The molecule has 0 radical (unpaired) electrons.